The van der Waals surface area contributed by atoms with Crippen LogP contribution in [-0.4, -0.2) is 36.4 Å². The van der Waals surface area contributed by atoms with Crippen molar-refractivity contribution in [2.24, 2.45) is 0 Å². The maximum Gasteiger partial charge on any atom is 0.0601 e. The van der Waals surface area contributed by atoms with E-state index in [1.807, 2.05) is 0 Å². The highest BCUT2D eigenvalue weighted by atomic mass is 79.9. The first-order chi connectivity index (χ1) is 8.53. The Balaban J connectivity index is 2.27. The summed E-state index contributed by atoms with van der Waals surface area (Å²) in [7, 11) is 0. The number of anilines is 1. The second kappa shape index (κ2) is 5.59. The second-order valence-electron chi connectivity index (χ2n) is 5.48. The summed E-state index contributed by atoms with van der Waals surface area (Å²) >= 11 is 3.47. The van der Waals surface area contributed by atoms with Gasteiger partial charge in [-0.2, -0.15) is 0 Å². The molecule has 4 heteroatoms. The molecule has 1 fully saturated rings. The van der Waals surface area contributed by atoms with Gasteiger partial charge in [-0.1, -0.05) is 15.9 Å². The summed E-state index contributed by atoms with van der Waals surface area (Å²) in [6, 6.07) is 8.54. The average molecular weight is 313 g/mol. The Bertz CT molecular complexity index is 391. The largest absolute Gasteiger partial charge is 0.395 e. The number of aliphatic hydroxyl groups is 1. The number of hydrogen-bond acceptors (Lipinski definition) is 3. The molecule has 1 heterocycles. The van der Waals surface area contributed by atoms with Gasteiger partial charge in [0.1, 0.15) is 0 Å². The molecule has 1 aromatic rings. The lowest BCUT2D eigenvalue weighted by Gasteiger charge is -2.39. The van der Waals surface area contributed by atoms with Crippen LogP contribution < -0.4 is 10.2 Å². The molecule has 1 unspecified atom stereocenters. The Morgan fingerprint density at radius 1 is 1.39 bits per heavy atom. The van der Waals surface area contributed by atoms with Gasteiger partial charge in [0.25, 0.3) is 0 Å². The highest BCUT2D eigenvalue weighted by Crippen LogP contribution is 2.29. The molecule has 3 nitrogen and oxygen atoms in total. The van der Waals surface area contributed by atoms with Crippen LogP contribution in [0.4, 0.5) is 5.69 Å². The number of halogens is 1. The van der Waals surface area contributed by atoms with E-state index in [4.69, 9.17) is 0 Å². The third kappa shape index (κ3) is 3.05. The fourth-order valence-corrected chi connectivity index (χ4v) is 2.71. The molecule has 0 amide bonds. The molecule has 1 saturated heterocycles. The molecule has 0 aliphatic carbocycles. The van der Waals surface area contributed by atoms with E-state index >= 15 is 0 Å². The number of nitrogens with zero attached hydrogens (tertiary/aromatic N) is 1. The van der Waals surface area contributed by atoms with Crippen molar-refractivity contribution < 1.29 is 5.11 Å². The minimum Gasteiger partial charge on any atom is -0.395 e. The molecule has 100 valence electrons. The standard InChI is InChI=1S/C14H21BrN2O/c1-14(2)7-8-16-12(10-18)9-17(14)13-5-3-11(15)4-6-13/h3-6,12,16,18H,7-10H2,1-2H3. The van der Waals surface area contributed by atoms with Crippen molar-refractivity contribution in [3.05, 3.63) is 28.7 Å². The van der Waals surface area contributed by atoms with Crippen LogP contribution >= 0.6 is 15.9 Å². The Labute approximate surface area is 117 Å². The van der Waals surface area contributed by atoms with Crippen LogP contribution in [-0.2, 0) is 0 Å². The van der Waals surface area contributed by atoms with E-state index in [0.29, 0.717) is 0 Å². The SMILES string of the molecule is CC1(C)CCNC(CO)CN1c1ccc(Br)cc1. The van der Waals surface area contributed by atoms with E-state index in [2.05, 4.69) is 64.3 Å². The summed E-state index contributed by atoms with van der Waals surface area (Å²) in [5.41, 5.74) is 1.32. The first kappa shape index (κ1) is 13.8. The van der Waals surface area contributed by atoms with Gasteiger partial charge in [0.05, 0.1) is 6.61 Å². The third-order valence-corrected chi connectivity index (χ3v) is 4.19. The zero-order valence-electron chi connectivity index (χ0n) is 11.0. The molecule has 0 aromatic heterocycles. The van der Waals surface area contributed by atoms with Crippen LogP contribution in [0.2, 0.25) is 0 Å². The van der Waals surface area contributed by atoms with E-state index < -0.39 is 0 Å². The number of benzene rings is 1. The van der Waals surface area contributed by atoms with Crippen molar-refractivity contribution in [3.8, 4) is 0 Å². The number of hydrogen-bond donors (Lipinski definition) is 2. The summed E-state index contributed by atoms with van der Waals surface area (Å²) in [4.78, 5) is 2.39. The van der Waals surface area contributed by atoms with E-state index in [9.17, 15) is 5.11 Å². The van der Waals surface area contributed by atoms with Gasteiger partial charge in [0.15, 0.2) is 0 Å². The van der Waals surface area contributed by atoms with Crippen LogP contribution in [0.1, 0.15) is 20.3 Å². The van der Waals surface area contributed by atoms with Crippen molar-refractivity contribution >= 4 is 21.6 Å². The van der Waals surface area contributed by atoms with Crippen LogP contribution in [0.3, 0.4) is 0 Å². The summed E-state index contributed by atoms with van der Waals surface area (Å²) < 4.78 is 1.09. The summed E-state index contributed by atoms with van der Waals surface area (Å²) in [5.74, 6) is 0. The average Bonchev–Trinajstić information content (AvgIpc) is 2.49. The minimum absolute atomic E-state index is 0.102. The quantitative estimate of drug-likeness (QED) is 0.880. The number of nitrogens with one attached hydrogen (secondary N) is 1. The predicted molar refractivity (Wildman–Crippen MR) is 79.1 cm³/mol. The first-order valence-electron chi connectivity index (χ1n) is 6.40. The lowest BCUT2D eigenvalue weighted by Crippen LogP contribution is -2.47. The zero-order chi connectivity index (χ0) is 13.2. The third-order valence-electron chi connectivity index (χ3n) is 3.66. The minimum atomic E-state index is 0.102. The Kier molecular flexibility index (Phi) is 4.30. The summed E-state index contributed by atoms with van der Waals surface area (Å²) in [6.45, 7) is 6.49. The van der Waals surface area contributed by atoms with Crippen molar-refractivity contribution in [1.82, 2.24) is 5.32 Å². The van der Waals surface area contributed by atoms with Gasteiger partial charge in [-0.15, -0.1) is 0 Å². The fourth-order valence-electron chi connectivity index (χ4n) is 2.45. The molecule has 0 spiro atoms. The lowest BCUT2D eigenvalue weighted by molar-refractivity contribution is 0.248. The molecular formula is C14H21BrN2O. The Hall–Kier alpha value is -0.580. The molecule has 1 aromatic carbocycles. The Morgan fingerprint density at radius 3 is 2.67 bits per heavy atom. The molecule has 1 aliphatic heterocycles. The maximum absolute atomic E-state index is 9.40. The van der Waals surface area contributed by atoms with E-state index in [1.54, 1.807) is 0 Å². The lowest BCUT2D eigenvalue weighted by atomic mass is 9.97. The molecule has 2 rings (SSSR count). The maximum atomic E-state index is 9.40. The van der Waals surface area contributed by atoms with Gasteiger partial charge in [0.2, 0.25) is 0 Å². The number of rotatable bonds is 2. The monoisotopic (exact) mass is 312 g/mol. The van der Waals surface area contributed by atoms with E-state index in [0.717, 1.165) is 24.0 Å². The summed E-state index contributed by atoms with van der Waals surface area (Å²) in [5, 5.41) is 12.8. The normalized spacial score (nSPS) is 23.8. The predicted octanol–water partition coefficient (Wildman–Crippen LogP) is 2.39. The van der Waals surface area contributed by atoms with Gasteiger partial charge in [0, 0.05) is 28.3 Å². The fraction of sp³-hybridized carbons (Fsp3) is 0.571. The van der Waals surface area contributed by atoms with Gasteiger partial charge >= 0.3 is 0 Å². The molecule has 1 aliphatic rings. The van der Waals surface area contributed by atoms with Crippen molar-refractivity contribution in [3.63, 3.8) is 0 Å². The van der Waals surface area contributed by atoms with Crippen molar-refractivity contribution in [1.29, 1.82) is 0 Å². The van der Waals surface area contributed by atoms with Crippen molar-refractivity contribution in [2.45, 2.75) is 31.8 Å². The first-order valence-corrected chi connectivity index (χ1v) is 7.20. The number of aliphatic hydroxyl groups excluding tert-OH is 1. The second-order valence-corrected chi connectivity index (χ2v) is 6.40. The molecule has 1 atom stereocenters. The van der Waals surface area contributed by atoms with Gasteiger partial charge < -0.3 is 15.3 Å². The smallest absolute Gasteiger partial charge is 0.0601 e. The van der Waals surface area contributed by atoms with Crippen molar-refractivity contribution in [2.75, 3.05) is 24.6 Å². The topological polar surface area (TPSA) is 35.5 Å². The highest BCUT2D eigenvalue weighted by molar-refractivity contribution is 9.10. The van der Waals surface area contributed by atoms with Gasteiger partial charge in [-0.05, 0) is 51.1 Å². The van der Waals surface area contributed by atoms with Crippen LogP contribution in [0.5, 0.6) is 0 Å². The van der Waals surface area contributed by atoms with Crippen LogP contribution in [0.25, 0.3) is 0 Å². The highest BCUT2D eigenvalue weighted by Gasteiger charge is 2.31. The molecule has 0 saturated carbocycles. The molecular weight excluding hydrogens is 292 g/mol. The van der Waals surface area contributed by atoms with Crippen LogP contribution in [0.15, 0.2) is 28.7 Å². The Morgan fingerprint density at radius 2 is 2.06 bits per heavy atom. The molecule has 0 bridgehead atoms. The van der Waals surface area contributed by atoms with E-state index in [-0.39, 0.29) is 18.2 Å². The molecule has 2 N–H and O–H groups in total. The van der Waals surface area contributed by atoms with Gasteiger partial charge in [-0.3, -0.25) is 0 Å². The zero-order valence-corrected chi connectivity index (χ0v) is 12.6. The van der Waals surface area contributed by atoms with E-state index in [1.165, 1.54) is 5.69 Å². The van der Waals surface area contributed by atoms with Crippen LogP contribution in [0, 0.1) is 0 Å². The summed E-state index contributed by atoms with van der Waals surface area (Å²) in [6.07, 6.45) is 1.07. The molecule has 0 radical (unpaired) electrons. The van der Waals surface area contributed by atoms with Gasteiger partial charge in [-0.25, -0.2) is 0 Å². The molecule has 18 heavy (non-hydrogen) atoms.